The molecule has 5 heteroatoms. The second kappa shape index (κ2) is 3.48. The molecule has 0 aromatic rings. The van der Waals surface area contributed by atoms with Gasteiger partial charge in [0.15, 0.2) is 5.41 Å². The molecule has 0 aromatic heterocycles. The van der Waals surface area contributed by atoms with Crippen molar-refractivity contribution >= 4 is 11.9 Å². The minimum atomic E-state index is -1.31. The van der Waals surface area contributed by atoms with Crippen LogP contribution in [0.15, 0.2) is 0 Å². The lowest BCUT2D eigenvalue weighted by Gasteiger charge is -2.13. The van der Waals surface area contributed by atoms with Gasteiger partial charge in [-0.15, -0.1) is 0 Å². The quantitative estimate of drug-likeness (QED) is 0.504. The van der Waals surface area contributed by atoms with E-state index in [0.29, 0.717) is 0 Å². The van der Waals surface area contributed by atoms with Crippen LogP contribution in [-0.4, -0.2) is 39.4 Å². The predicted molar refractivity (Wildman–Crippen MR) is 51.0 cm³/mol. The van der Waals surface area contributed by atoms with Gasteiger partial charge >= 0.3 is 11.9 Å². The number of carbonyl (C=O) groups is 2. The fraction of sp³-hybridized carbons (Fsp3) is 0.800. The molecule has 1 aliphatic carbocycles. The summed E-state index contributed by atoms with van der Waals surface area (Å²) in [7, 11) is 3.95. The van der Waals surface area contributed by atoms with E-state index in [0.717, 1.165) is 0 Å². The minimum Gasteiger partial charge on any atom is -0.468 e. The molecule has 1 unspecified atom stereocenters. The van der Waals surface area contributed by atoms with Gasteiger partial charge in [0.2, 0.25) is 0 Å². The summed E-state index contributed by atoms with van der Waals surface area (Å²) in [5, 5.41) is 0. The first-order chi connectivity index (χ1) is 6.91. The van der Waals surface area contributed by atoms with Gasteiger partial charge in [-0.05, 0) is 0 Å². The molecule has 86 valence electrons. The second-order valence-electron chi connectivity index (χ2n) is 4.13. The zero-order valence-electron chi connectivity index (χ0n) is 9.62. The van der Waals surface area contributed by atoms with Crippen LogP contribution in [0, 0.1) is 10.8 Å². The van der Waals surface area contributed by atoms with E-state index in [1.165, 1.54) is 21.3 Å². The predicted octanol–water partition coefficient (Wildman–Crippen LogP) is 0.374. The zero-order chi connectivity index (χ0) is 11.9. The van der Waals surface area contributed by atoms with Gasteiger partial charge in [-0.25, -0.2) is 0 Å². The Hall–Kier alpha value is -1.10. The summed E-state index contributed by atoms with van der Waals surface area (Å²) in [5.41, 5.74) is -1.91. The van der Waals surface area contributed by atoms with Gasteiger partial charge in [0, 0.05) is 12.5 Å². The molecule has 5 nitrogen and oxygen atoms in total. The molecule has 1 saturated carbocycles. The molecular formula is C10H16O5. The smallest absolute Gasteiger partial charge is 0.326 e. The molecule has 0 N–H and O–H groups in total. The molecule has 0 aromatic carbocycles. The molecular weight excluding hydrogens is 200 g/mol. The lowest BCUT2D eigenvalue weighted by atomic mass is 9.96. The van der Waals surface area contributed by atoms with Crippen molar-refractivity contribution in [3.63, 3.8) is 0 Å². The third-order valence-corrected chi connectivity index (χ3v) is 3.23. The Morgan fingerprint density at radius 3 is 1.60 bits per heavy atom. The van der Waals surface area contributed by atoms with E-state index in [2.05, 4.69) is 9.47 Å². The number of hydrogen-bond donors (Lipinski definition) is 0. The molecule has 15 heavy (non-hydrogen) atoms. The van der Waals surface area contributed by atoms with Crippen LogP contribution in [0.5, 0.6) is 0 Å². The van der Waals surface area contributed by atoms with E-state index in [-0.39, 0.29) is 0 Å². The largest absolute Gasteiger partial charge is 0.468 e. The van der Waals surface area contributed by atoms with Gasteiger partial charge in [-0.3, -0.25) is 9.59 Å². The highest BCUT2D eigenvalue weighted by atomic mass is 16.6. The number of ether oxygens (including phenoxy) is 3. The summed E-state index contributed by atoms with van der Waals surface area (Å²) >= 11 is 0. The van der Waals surface area contributed by atoms with Crippen LogP contribution in [0.3, 0.4) is 0 Å². The lowest BCUT2D eigenvalue weighted by molar-refractivity contribution is -0.164. The normalized spacial score (nSPS) is 25.5. The highest BCUT2D eigenvalue weighted by molar-refractivity contribution is 6.06. The number of carbonyl (C=O) groups excluding carboxylic acids is 2. The molecule has 0 bridgehead atoms. The lowest BCUT2D eigenvalue weighted by Crippen LogP contribution is -2.34. The van der Waals surface area contributed by atoms with Crippen molar-refractivity contribution < 1.29 is 23.8 Å². The fourth-order valence-corrected chi connectivity index (χ4v) is 2.33. The molecule has 0 radical (unpaired) electrons. The maximum absolute atomic E-state index is 11.7. The van der Waals surface area contributed by atoms with Crippen LogP contribution in [0.4, 0.5) is 0 Å². The molecule has 1 aliphatic rings. The van der Waals surface area contributed by atoms with Crippen molar-refractivity contribution in [1.29, 1.82) is 0 Å². The molecule has 1 fully saturated rings. The summed E-state index contributed by atoms with van der Waals surface area (Å²) < 4.78 is 14.4. The van der Waals surface area contributed by atoms with Crippen molar-refractivity contribution in [3.05, 3.63) is 0 Å². The summed E-state index contributed by atoms with van der Waals surface area (Å²) in [5.74, 6) is -1.21. The summed E-state index contributed by atoms with van der Waals surface area (Å²) in [6.45, 7) is 3.55. The standard InChI is InChI=1S/C10H16O5/c1-9(2)6(13-3)10(9,7(11)14-4)8(12)15-5/h6H,1-5H3. The first-order valence-corrected chi connectivity index (χ1v) is 4.60. The summed E-state index contributed by atoms with van der Waals surface area (Å²) in [6, 6.07) is 0. The average Bonchev–Trinajstić information content (AvgIpc) is 2.73. The summed E-state index contributed by atoms with van der Waals surface area (Å²) in [6.07, 6.45) is -0.495. The summed E-state index contributed by atoms with van der Waals surface area (Å²) in [4.78, 5) is 23.4. The van der Waals surface area contributed by atoms with E-state index >= 15 is 0 Å². The number of hydrogen-bond acceptors (Lipinski definition) is 5. The monoisotopic (exact) mass is 216 g/mol. The Labute approximate surface area is 88.7 Å². The third kappa shape index (κ3) is 1.19. The van der Waals surface area contributed by atoms with Gasteiger partial charge in [0.05, 0.1) is 20.3 Å². The Bertz CT molecular complexity index is 278. The molecule has 0 saturated heterocycles. The topological polar surface area (TPSA) is 61.8 Å². The van der Waals surface area contributed by atoms with E-state index in [1.807, 2.05) is 0 Å². The molecule has 1 atom stereocenters. The zero-order valence-corrected chi connectivity index (χ0v) is 9.62. The fourth-order valence-electron chi connectivity index (χ4n) is 2.33. The Morgan fingerprint density at radius 1 is 1.00 bits per heavy atom. The number of rotatable bonds is 3. The Balaban J connectivity index is 3.13. The van der Waals surface area contributed by atoms with Crippen molar-refractivity contribution in [2.24, 2.45) is 10.8 Å². The molecule has 0 heterocycles. The first-order valence-electron chi connectivity index (χ1n) is 4.60. The molecule has 0 aliphatic heterocycles. The average molecular weight is 216 g/mol. The Morgan fingerprint density at radius 2 is 1.40 bits per heavy atom. The van der Waals surface area contributed by atoms with Crippen LogP contribution in [-0.2, 0) is 23.8 Å². The highest BCUT2D eigenvalue weighted by Crippen LogP contribution is 2.66. The van der Waals surface area contributed by atoms with E-state index in [9.17, 15) is 9.59 Å². The second-order valence-corrected chi connectivity index (χ2v) is 4.13. The van der Waals surface area contributed by atoms with Gasteiger partial charge < -0.3 is 14.2 Å². The minimum absolute atomic E-state index is 0.495. The van der Waals surface area contributed by atoms with Crippen LogP contribution < -0.4 is 0 Å². The van der Waals surface area contributed by atoms with Crippen molar-refractivity contribution in [1.82, 2.24) is 0 Å². The van der Waals surface area contributed by atoms with Gasteiger partial charge in [0.25, 0.3) is 0 Å². The van der Waals surface area contributed by atoms with Crippen molar-refractivity contribution in [2.45, 2.75) is 20.0 Å². The van der Waals surface area contributed by atoms with Gasteiger partial charge in [-0.2, -0.15) is 0 Å². The Kier molecular flexibility index (Phi) is 2.78. The van der Waals surface area contributed by atoms with Gasteiger partial charge in [-0.1, -0.05) is 13.8 Å². The molecule has 1 rings (SSSR count). The number of methoxy groups -OCH3 is 3. The molecule has 0 spiro atoms. The van der Waals surface area contributed by atoms with Crippen molar-refractivity contribution in [3.8, 4) is 0 Å². The third-order valence-electron chi connectivity index (χ3n) is 3.23. The van der Waals surface area contributed by atoms with Crippen molar-refractivity contribution in [2.75, 3.05) is 21.3 Å². The highest BCUT2D eigenvalue weighted by Gasteiger charge is 2.83. The van der Waals surface area contributed by atoms with E-state index < -0.39 is 28.9 Å². The number of esters is 2. The van der Waals surface area contributed by atoms with Gasteiger partial charge in [0.1, 0.15) is 0 Å². The van der Waals surface area contributed by atoms with Crippen LogP contribution in [0.1, 0.15) is 13.8 Å². The maximum Gasteiger partial charge on any atom is 0.326 e. The maximum atomic E-state index is 11.7. The van der Waals surface area contributed by atoms with E-state index in [1.54, 1.807) is 13.8 Å². The first kappa shape index (κ1) is 12.0. The van der Waals surface area contributed by atoms with E-state index in [4.69, 9.17) is 4.74 Å². The SMILES string of the molecule is COC(=O)C1(C(=O)OC)C(OC)C1(C)C. The molecule has 0 amide bonds. The van der Waals surface area contributed by atoms with Crippen LogP contribution in [0.2, 0.25) is 0 Å². The van der Waals surface area contributed by atoms with Crippen LogP contribution in [0.25, 0.3) is 0 Å². The van der Waals surface area contributed by atoms with Crippen LogP contribution >= 0.6 is 0 Å².